The molecule has 126 valence electrons. The van der Waals surface area contributed by atoms with E-state index in [9.17, 15) is 19.7 Å². The lowest BCUT2D eigenvalue weighted by Crippen LogP contribution is -2.42. The highest BCUT2D eigenvalue weighted by Crippen LogP contribution is 2.18. The minimum absolute atomic E-state index is 0.0361. The Morgan fingerprint density at radius 2 is 2.04 bits per heavy atom. The molecule has 1 N–H and O–H groups in total. The van der Waals surface area contributed by atoms with E-state index in [2.05, 4.69) is 5.32 Å². The molecular formula is C15H21N3O5. The number of hydrogen-bond donors (Lipinski definition) is 1. The number of rotatable bonds is 5. The van der Waals surface area contributed by atoms with Crippen molar-refractivity contribution in [1.82, 2.24) is 9.88 Å². The second kappa shape index (κ2) is 7.26. The number of nitrogens with zero attached hydrogens (tertiary/aromatic N) is 2. The third-order valence-corrected chi connectivity index (χ3v) is 4.02. The van der Waals surface area contributed by atoms with Crippen LogP contribution in [0.5, 0.6) is 0 Å². The summed E-state index contributed by atoms with van der Waals surface area (Å²) in [5.41, 5.74) is -0.159. The summed E-state index contributed by atoms with van der Waals surface area (Å²) in [6.45, 7) is 1.49. The molecule has 1 aromatic rings. The van der Waals surface area contributed by atoms with E-state index in [0.29, 0.717) is 0 Å². The molecule has 8 heteroatoms. The third-order valence-electron chi connectivity index (χ3n) is 4.02. The van der Waals surface area contributed by atoms with Crippen molar-refractivity contribution < 1.29 is 19.2 Å². The zero-order valence-corrected chi connectivity index (χ0v) is 13.3. The van der Waals surface area contributed by atoms with Crippen LogP contribution in [-0.4, -0.2) is 33.5 Å². The smallest absolute Gasteiger partial charge is 0.355 e. The van der Waals surface area contributed by atoms with Crippen LogP contribution in [0.3, 0.4) is 0 Å². The van der Waals surface area contributed by atoms with Crippen molar-refractivity contribution in [3.05, 3.63) is 28.1 Å². The van der Waals surface area contributed by atoms with Crippen LogP contribution >= 0.6 is 0 Å². The summed E-state index contributed by atoms with van der Waals surface area (Å²) in [6.07, 6.45) is 5.52. The van der Waals surface area contributed by atoms with Gasteiger partial charge in [-0.2, -0.15) is 0 Å². The molecule has 0 aromatic carbocycles. The van der Waals surface area contributed by atoms with Crippen molar-refractivity contribution in [2.24, 2.45) is 7.05 Å². The topological polar surface area (TPSA) is 103 Å². The van der Waals surface area contributed by atoms with Crippen molar-refractivity contribution in [2.75, 3.05) is 0 Å². The first-order valence-corrected chi connectivity index (χ1v) is 7.70. The third kappa shape index (κ3) is 4.30. The maximum atomic E-state index is 12.1. The molecule has 1 atom stereocenters. The van der Waals surface area contributed by atoms with Gasteiger partial charge in [-0.05, 0) is 19.8 Å². The molecule has 0 aliphatic heterocycles. The lowest BCUT2D eigenvalue weighted by molar-refractivity contribution is -0.384. The maximum absolute atomic E-state index is 12.1. The molecule has 23 heavy (non-hydrogen) atoms. The van der Waals surface area contributed by atoms with Gasteiger partial charge in [-0.15, -0.1) is 0 Å². The minimum atomic E-state index is -0.946. The van der Waals surface area contributed by atoms with Gasteiger partial charge in [0.15, 0.2) is 6.10 Å². The summed E-state index contributed by atoms with van der Waals surface area (Å²) in [6, 6.07) is 1.27. The molecule has 1 fully saturated rings. The summed E-state index contributed by atoms with van der Waals surface area (Å²) in [7, 11) is 1.51. The molecule has 0 saturated heterocycles. The second-order valence-electron chi connectivity index (χ2n) is 5.84. The van der Waals surface area contributed by atoms with Crippen molar-refractivity contribution >= 4 is 17.6 Å². The Kier molecular flexibility index (Phi) is 5.36. The Hall–Kier alpha value is -2.38. The fourth-order valence-corrected chi connectivity index (χ4v) is 2.69. The summed E-state index contributed by atoms with van der Waals surface area (Å²) in [4.78, 5) is 34.3. The van der Waals surface area contributed by atoms with Gasteiger partial charge in [-0.3, -0.25) is 14.9 Å². The number of aromatic nitrogens is 1. The number of amides is 1. The number of hydrogen-bond acceptors (Lipinski definition) is 5. The number of nitrogens with one attached hydrogen (secondary N) is 1. The molecule has 0 spiro atoms. The van der Waals surface area contributed by atoms with E-state index in [0.717, 1.165) is 31.7 Å². The summed E-state index contributed by atoms with van der Waals surface area (Å²) < 4.78 is 6.43. The number of aryl methyl sites for hydroxylation is 1. The van der Waals surface area contributed by atoms with Crippen LogP contribution in [-0.2, 0) is 16.6 Å². The van der Waals surface area contributed by atoms with Gasteiger partial charge in [-0.25, -0.2) is 4.79 Å². The minimum Gasteiger partial charge on any atom is -0.448 e. The number of carbonyl (C=O) groups excluding carboxylic acids is 2. The largest absolute Gasteiger partial charge is 0.448 e. The molecule has 1 saturated carbocycles. The molecular weight excluding hydrogens is 302 g/mol. The zero-order valence-electron chi connectivity index (χ0n) is 13.3. The van der Waals surface area contributed by atoms with Gasteiger partial charge in [0.05, 0.1) is 11.1 Å². The van der Waals surface area contributed by atoms with Crippen molar-refractivity contribution in [2.45, 2.75) is 51.2 Å². The highest BCUT2D eigenvalue weighted by Gasteiger charge is 2.25. The van der Waals surface area contributed by atoms with Gasteiger partial charge < -0.3 is 14.6 Å². The number of nitro groups is 1. The van der Waals surface area contributed by atoms with Gasteiger partial charge in [0, 0.05) is 19.2 Å². The van der Waals surface area contributed by atoms with Gasteiger partial charge in [0.25, 0.3) is 11.6 Å². The molecule has 1 amide bonds. The predicted octanol–water partition coefficient (Wildman–Crippen LogP) is 1.93. The van der Waals surface area contributed by atoms with Crippen LogP contribution in [0.1, 0.15) is 49.5 Å². The molecule has 1 unspecified atom stereocenters. The summed E-state index contributed by atoms with van der Waals surface area (Å²) in [5, 5.41) is 13.6. The van der Waals surface area contributed by atoms with Gasteiger partial charge in [0.1, 0.15) is 5.69 Å². The Labute approximate surface area is 133 Å². The van der Waals surface area contributed by atoms with E-state index < -0.39 is 17.0 Å². The van der Waals surface area contributed by atoms with Gasteiger partial charge in [0.2, 0.25) is 0 Å². The average Bonchev–Trinajstić information content (AvgIpc) is 2.90. The highest BCUT2D eigenvalue weighted by atomic mass is 16.6. The lowest BCUT2D eigenvalue weighted by Gasteiger charge is -2.24. The van der Waals surface area contributed by atoms with E-state index in [1.54, 1.807) is 0 Å². The Bertz CT molecular complexity index is 604. The molecule has 8 nitrogen and oxygen atoms in total. The normalized spacial score (nSPS) is 16.6. The van der Waals surface area contributed by atoms with Crippen LogP contribution in [0.2, 0.25) is 0 Å². The van der Waals surface area contributed by atoms with Gasteiger partial charge in [-0.1, -0.05) is 19.3 Å². The van der Waals surface area contributed by atoms with Gasteiger partial charge >= 0.3 is 5.97 Å². The van der Waals surface area contributed by atoms with Crippen LogP contribution in [0.15, 0.2) is 12.3 Å². The van der Waals surface area contributed by atoms with E-state index in [-0.39, 0.29) is 23.3 Å². The fourth-order valence-electron chi connectivity index (χ4n) is 2.69. The first-order chi connectivity index (χ1) is 10.9. The Morgan fingerprint density at radius 3 is 2.61 bits per heavy atom. The fraction of sp³-hybridized carbons (Fsp3) is 0.600. The van der Waals surface area contributed by atoms with Crippen molar-refractivity contribution in [1.29, 1.82) is 0 Å². The standard InChI is InChI=1S/C15H21N3O5/c1-10(14(19)16-11-6-4-3-5-7-11)23-15(20)13-8-12(18(21)22)9-17(13)2/h8-11H,3-7H2,1-2H3,(H,16,19). The predicted molar refractivity (Wildman–Crippen MR) is 82.0 cm³/mol. The highest BCUT2D eigenvalue weighted by molar-refractivity contribution is 5.91. The van der Waals surface area contributed by atoms with Crippen molar-refractivity contribution in [3.8, 4) is 0 Å². The van der Waals surface area contributed by atoms with Crippen LogP contribution < -0.4 is 5.32 Å². The number of ether oxygens (including phenoxy) is 1. The quantitative estimate of drug-likeness (QED) is 0.506. The number of carbonyl (C=O) groups is 2. The van der Waals surface area contributed by atoms with E-state index in [1.165, 1.54) is 31.2 Å². The van der Waals surface area contributed by atoms with E-state index >= 15 is 0 Å². The molecule has 1 heterocycles. The van der Waals surface area contributed by atoms with Crippen LogP contribution in [0.4, 0.5) is 5.69 Å². The SMILES string of the molecule is CC(OC(=O)c1cc([N+](=O)[O-])cn1C)C(=O)NC1CCCCC1. The van der Waals surface area contributed by atoms with E-state index in [1.807, 2.05) is 0 Å². The van der Waals surface area contributed by atoms with Crippen LogP contribution in [0, 0.1) is 10.1 Å². The first kappa shape index (κ1) is 17.0. The molecule has 0 bridgehead atoms. The lowest BCUT2D eigenvalue weighted by atomic mass is 9.95. The molecule has 1 aromatic heterocycles. The molecule has 0 radical (unpaired) electrons. The molecule has 2 rings (SSSR count). The van der Waals surface area contributed by atoms with Crippen LogP contribution in [0.25, 0.3) is 0 Å². The van der Waals surface area contributed by atoms with Crippen molar-refractivity contribution in [3.63, 3.8) is 0 Å². The average molecular weight is 323 g/mol. The second-order valence-corrected chi connectivity index (χ2v) is 5.84. The van der Waals surface area contributed by atoms with E-state index in [4.69, 9.17) is 4.74 Å². The maximum Gasteiger partial charge on any atom is 0.355 e. The Balaban J connectivity index is 1.93. The summed E-state index contributed by atoms with van der Waals surface area (Å²) >= 11 is 0. The monoisotopic (exact) mass is 323 g/mol. The summed E-state index contributed by atoms with van der Waals surface area (Å²) in [5.74, 6) is -1.10. The Morgan fingerprint density at radius 1 is 1.39 bits per heavy atom. The number of esters is 1. The first-order valence-electron chi connectivity index (χ1n) is 7.70. The molecule has 1 aliphatic rings. The molecule has 1 aliphatic carbocycles. The zero-order chi connectivity index (χ0) is 17.0.